The van der Waals surface area contributed by atoms with Crippen LogP contribution in [-0.2, 0) is 25.6 Å². The highest BCUT2D eigenvalue weighted by Crippen LogP contribution is 2.56. The summed E-state index contributed by atoms with van der Waals surface area (Å²) in [6.45, 7) is 5.83. The molecule has 0 bridgehead atoms. The van der Waals surface area contributed by atoms with Gasteiger partial charge < -0.3 is 5.11 Å². The molecule has 34 heavy (non-hydrogen) atoms. The Kier molecular flexibility index (Phi) is 5.55. The predicted octanol–water partition coefficient (Wildman–Crippen LogP) is 3.90. The van der Waals surface area contributed by atoms with Crippen molar-refractivity contribution >= 4 is 39.3 Å². The number of Topliss-reactive ketones (excluding diaryl/α,β-unsaturated/α-hetero) is 1. The van der Waals surface area contributed by atoms with Gasteiger partial charge in [-0.1, -0.05) is 35.9 Å². The Morgan fingerprint density at radius 2 is 1.94 bits per heavy atom. The topological polar surface area (TPSA) is 91.8 Å². The molecule has 4 aliphatic rings. The first kappa shape index (κ1) is 22.7. The number of likely N-dealkylation sites (tertiary alicyclic amines) is 1. The summed E-state index contributed by atoms with van der Waals surface area (Å²) in [6.07, 6.45) is 5.99. The lowest BCUT2D eigenvalue weighted by Gasteiger charge is -2.42. The molecule has 3 aliphatic carbocycles. The Labute approximate surface area is 205 Å². The fourth-order valence-electron chi connectivity index (χ4n) is 6.10. The summed E-state index contributed by atoms with van der Waals surface area (Å²) in [5, 5.41) is 11.2. The molecule has 2 amide bonds. The summed E-state index contributed by atoms with van der Waals surface area (Å²) in [5.74, 6) is -3.00. The van der Waals surface area contributed by atoms with Crippen molar-refractivity contribution in [3.8, 4) is 5.75 Å². The second kappa shape index (κ2) is 8.31. The van der Waals surface area contributed by atoms with E-state index in [0.717, 1.165) is 5.57 Å². The smallest absolute Gasteiger partial charge is 0.233 e. The van der Waals surface area contributed by atoms with Crippen molar-refractivity contribution in [2.75, 3.05) is 6.54 Å². The number of carbonyl (C=O) groups is 4. The third kappa shape index (κ3) is 3.13. The van der Waals surface area contributed by atoms with Gasteiger partial charge in [-0.15, -0.1) is 6.58 Å². The average Bonchev–Trinajstić information content (AvgIpc) is 3.07. The zero-order valence-electron chi connectivity index (χ0n) is 18.7. The number of imide groups is 1. The molecule has 1 saturated heterocycles. The van der Waals surface area contributed by atoms with E-state index in [1.807, 2.05) is 12.1 Å². The van der Waals surface area contributed by atoms with Crippen LogP contribution in [0.15, 0.2) is 64.2 Å². The molecular formula is C27H24BrNO5. The SMILES string of the molecule is C=CCc1cccc([C@H]2C3=CC[C@@H]4C(=O)N(CC)C(=O)[C@@H]4[C@@H]3CC3=C2C(=O)C=C(Br)C3=O)c1O. The summed E-state index contributed by atoms with van der Waals surface area (Å²) >= 11 is 3.22. The van der Waals surface area contributed by atoms with E-state index in [0.29, 0.717) is 41.7 Å². The van der Waals surface area contributed by atoms with Crippen molar-refractivity contribution in [3.05, 3.63) is 75.3 Å². The van der Waals surface area contributed by atoms with E-state index < -0.39 is 23.7 Å². The zero-order valence-corrected chi connectivity index (χ0v) is 20.3. The van der Waals surface area contributed by atoms with Crippen molar-refractivity contribution in [1.82, 2.24) is 4.90 Å². The van der Waals surface area contributed by atoms with Crippen LogP contribution in [0, 0.1) is 17.8 Å². The summed E-state index contributed by atoms with van der Waals surface area (Å²) in [5.41, 5.74) is 2.73. The van der Waals surface area contributed by atoms with Crippen LogP contribution in [-0.4, -0.2) is 39.9 Å². The fourth-order valence-corrected chi connectivity index (χ4v) is 6.55. The number of allylic oxidation sites excluding steroid dienone is 7. The Hall–Kier alpha value is -3.06. The number of benzene rings is 1. The highest BCUT2D eigenvalue weighted by atomic mass is 79.9. The lowest BCUT2D eigenvalue weighted by Crippen LogP contribution is -2.39. The minimum atomic E-state index is -0.661. The molecule has 1 heterocycles. The molecule has 1 fully saturated rings. The molecule has 1 N–H and O–H groups in total. The molecule has 0 unspecified atom stereocenters. The van der Waals surface area contributed by atoms with Crippen molar-refractivity contribution in [2.45, 2.75) is 32.1 Å². The van der Waals surface area contributed by atoms with Crippen LogP contribution in [0.25, 0.3) is 0 Å². The van der Waals surface area contributed by atoms with Crippen molar-refractivity contribution in [3.63, 3.8) is 0 Å². The summed E-state index contributed by atoms with van der Waals surface area (Å²) in [6, 6.07) is 5.37. The van der Waals surface area contributed by atoms with Crippen LogP contribution >= 0.6 is 15.9 Å². The molecule has 0 spiro atoms. The second-order valence-corrected chi connectivity index (χ2v) is 10.0. The van der Waals surface area contributed by atoms with Gasteiger partial charge in [-0.25, -0.2) is 0 Å². The zero-order chi connectivity index (χ0) is 24.3. The number of para-hydroxylation sites is 1. The van der Waals surface area contributed by atoms with Gasteiger partial charge >= 0.3 is 0 Å². The van der Waals surface area contributed by atoms with E-state index in [1.165, 1.54) is 11.0 Å². The maximum atomic E-state index is 13.3. The van der Waals surface area contributed by atoms with E-state index in [2.05, 4.69) is 22.5 Å². The summed E-state index contributed by atoms with van der Waals surface area (Å²) in [7, 11) is 0. The highest BCUT2D eigenvalue weighted by Gasteiger charge is 2.56. The Balaban J connectivity index is 1.72. The Bertz CT molecular complexity index is 1270. The number of fused-ring (bicyclic) bond motifs is 3. The summed E-state index contributed by atoms with van der Waals surface area (Å²) in [4.78, 5) is 53.9. The van der Waals surface area contributed by atoms with Crippen molar-refractivity contribution < 1.29 is 24.3 Å². The van der Waals surface area contributed by atoms with Gasteiger partial charge in [0.15, 0.2) is 11.6 Å². The standard InChI is InChI=1S/C27H24BrNO5/c1-3-6-13-7-5-8-15(24(13)31)21-14-9-10-16-22(27(34)29(4-2)26(16)33)17(14)11-18-23(21)20(30)12-19(28)25(18)32/h3,5,7-9,12,16-17,21-22,31H,1,4,6,10-11H2,2H3/t16-,17+,21+,22-/m0/s1. The number of carbonyl (C=O) groups excluding carboxylic acids is 4. The number of amides is 2. The van der Waals surface area contributed by atoms with Gasteiger partial charge in [-0.3, -0.25) is 24.1 Å². The van der Waals surface area contributed by atoms with E-state index in [9.17, 15) is 24.3 Å². The number of hydrogen-bond acceptors (Lipinski definition) is 5. The number of phenolic OH excluding ortho intramolecular Hbond substituents is 1. The van der Waals surface area contributed by atoms with Crippen LogP contribution in [0.5, 0.6) is 5.75 Å². The average molecular weight is 522 g/mol. The first-order valence-electron chi connectivity index (χ1n) is 11.5. The third-order valence-corrected chi connectivity index (χ3v) is 8.15. The molecule has 5 rings (SSSR count). The molecule has 174 valence electrons. The largest absolute Gasteiger partial charge is 0.507 e. The highest BCUT2D eigenvalue weighted by molar-refractivity contribution is 9.12. The van der Waals surface area contributed by atoms with E-state index in [1.54, 1.807) is 25.1 Å². The maximum Gasteiger partial charge on any atom is 0.233 e. The van der Waals surface area contributed by atoms with Gasteiger partial charge in [-0.2, -0.15) is 0 Å². The van der Waals surface area contributed by atoms with Crippen LogP contribution in [0.3, 0.4) is 0 Å². The second-order valence-electron chi connectivity index (χ2n) is 9.16. The molecule has 1 aliphatic heterocycles. The molecule has 4 atom stereocenters. The Morgan fingerprint density at radius 1 is 1.18 bits per heavy atom. The third-order valence-electron chi connectivity index (χ3n) is 7.56. The monoisotopic (exact) mass is 521 g/mol. The molecular weight excluding hydrogens is 498 g/mol. The lowest BCUT2D eigenvalue weighted by molar-refractivity contribution is -0.139. The molecule has 1 aromatic rings. The Morgan fingerprint density at radius 3 is 2.65 bits per heavy atom. The van der Waals surface area contributed by atoms with Gasteiger partial charge in [0.05, 0.1) is 16.3 Å². The van der Waals surface area contributed by atoms with Gasteiger partial charge in [0.1, 0.15) is 5.75 Å². The number of rotatable bonds is 4. The van der Waals surface area contributed by atoms with Crippen LogP contribution < -0.4 is 0 Å². The number of halogens is 1. The molecule has 1 aromatic carbocycles. The van der Waals surface area contributed by atoms with Crippen LogP contribution in [0.1, 0.15) is 36.8 Å². The number of nitrogens with zero attached hydrogens (tertiary/aromatic N) is 1. The van der Waals surface area contributed by atoms with Crippen LogP contribution in [0.2, 0.25) is 0 Å². The van der Waals surface area contributed by atoms with Gasteiger partial charge in [0.2, 0.25) is 11.8 Å². The fraction of sp³-hybridized carbons (Fsp3) is 0.333. The molecule has 0 saturated carbocycles. The minimum Gasteiger partial charge on any atom is -0.507 e. The van der Waals surface area contributed by atoms with Crippen molar-refractivity contribution in [2.24, 2.45) is 17.8 Å². The number of hydrogen-bond donors (Lipinski definition) is 1. The first-order valence-corrected chi connectivity index (χ1v) is 12.2. The molecule has 7 heteroatoms. The normalized spacial score (nSPS) is 28.4. The minimum absolute atomic E-state index is 0.0563. The summed E-state index contributed by atoms with van der Waals surface area (Å²) < 4.78 is 0.184. The van der Waals surface area contributed by atoms with E-state index in [-0.39, 0.29) is 40.0 Å². The number of ketones is 2. The number of phenols is 1. The molecule has 6 nitrogen and oxygen atoms in total. The predicted molar refractivity (Wildman–Crippen MR) is 129 cm³/mol. The van der Waals surface area contributed by atoms with Crippen molar-refractivity contribution in [1.29, 1.82) is 0 Å². The van der Waals surface area contributed by atoms with E-state index in [4.69, 9.17) is 0 Å². The lowest BCUT2D eigenvalue weighted by atomic mass is 9.59. The van der Waals surface area contributed by atoms with Gasteiger partial charge in [-0.05, 0) is 53.6 Å². The number of aromatic hydroxyl groups is 1. The van der Waals surface area contributed by atoms with Gasteiger partial charge in [0, 0.05) is 35.2 Å². The quantitative estimate of drug-likeness (QED) is 0.368. The first-order chi connectivity index (χ1) is 16.3. The molecule has 0 radical (unpaired) electrons. The van der Waals surface area contributed by atoms with E-state index >= 15 is 0 Å². The maximum absolute atomic E-state index is 13.3. The molecule has 0 aromatic heterocycles. The van der Waals surface area contributed by atoms with Gasteiger partial charge in [0.25, 0.3) is 0 Å². The van der Waals surface area contributed by atoms with Crippen LogP contribution in [0.4, 0.5) is 0 Å².